The third kappa shape index (κ3) is 5.06. The smallest absolute Gasteiger partial charge is 0.107 e. The van der Waals surface area contributed by atoms with Crippen LogP contribution in [0.3, 0.4) is 0 Å². The molecule has 0 saturated carbocycles. The fourth-order valence-corrected chi connectivity index (χ4v) is 3.96. The summed E-state index contributed by atoms with van der Waals surface area (Å²) in [5.41, 5.74) is 1.38. The third-order valence-electron chi connectivity index (χ3n) is 3.30. The lowest BCUT2D eigenvalue weighted by Crippen LogP contribution is -2.37. The molecule has 0 spiro atoms. The van der Waals surface area contributed by atoms with Gasteiger partial charge in [-0.1, -0.05) is 20.8 Å². The molecule has 0 bridgehead atoms. The second kappa shape index (κ2) is 7.07. The van der Waals surface area contributed by atoms with Gasteiger partial charge in [0.25, 0.3) is 0 Å². The van der Waals surface area contributed by atoms with Gasteiger partial charge in [0.2, 0.25) is 0 Å². The lowest BCUT2D eigenvalue weighted by atomic mass is 9.93. The van der Waals surface area contributed by atoms with Gasteiger partial charge in [-0.2, -0.15) is 11.8 Å². The Labute approximate surface area is 125 Å². The van der Waals surface area contributed by atoms with Crippen molar-refractivity contribution in [3.8, 4) is 0 Å². The molecule has 19 heavy (non-hydrogen) atoms. The number of aromatic nitrogens is 1. The summed E-state index contributed by atoms with van der Waals surface area (Å²) in [5, 5.41) is 6.91. The molecule has 3 nitrogen and oxygen atoms in total. The lowest BCUT2D eigenvalue weighted by molar-refractivity contribution is 0.301. The standard InChI is InChI=1S/C14H25N3S2/c1-14(2,3)12-11-19-13(16-12)10-15-4-5-17-6-8-18-9-7-17/h11,15H,4-10H2,1-3H3. The van der Waals surface area contributed by atoms with Crippen molar-refractivity contribution in [2.75, 3.05) is 37.7 Å². The normalized spacial score (nSPS) is 17.8. The highest BCUT2D eigenvalue weighted by atomic mass is 32.2. The highest BCUT2D eigenvalue weighted by molar-refractivity contribution is 7.99. The van der Waals surface area contributed by atoms with Gasteiger partial charge in [0.15, 0.2) is 0 Å². The fourth-order valence-electron chi connectivity index (χ4n) is 1.99. The Morgan fingerprint density at radius 2 is 2.05 bits per heavy atom. The number of rotatable bonds is 5. The monoisotopic (exact) mass is 299 g/mol. The molecule has 1 fully saturated rings. The number of nitrogens with one attached hydrogen (secondary N) is 1. The fraction of sp³-hybridized carbons (Fsp3) is 0.786. The van der Waals surface area contributed by atoms with Gasteiger partial charge in [0, 0.05) is 55.0 Å². The van der Waals surface area contributed by atoms with Crippen LogP contribution in [-0.4, -0.2) is 47.6 Å². The first kappa shape index (κ1) is 15.3. The minimum atomic E-state index is 0.167. The van der Waals surface area contributed by atoms with E-state index >= 15 is 0 Å². The topological polar surface area (TPSA) is 28.2 Å². The molecule has 1 aliphatic rings. The van der Waals surface area contributed by atoms with E-state index in [9.17, 15) is 0 Å². The van der Waals surface area contributed by atoms with Crippen LogP contribution in [0.1, 0.15) is 31.5 Å². The second-order valence-corrected chi connectivity index (χ2v) is 8.17. The predicted octanol–water partition coefficient (Wildman–Crippen LogP) is 2.58. The van der Waals surface area contributed by atoms with Crippen molar-refractivity contribution in [2.45, 2.75) is 32.7 Å². The molecule has 0 radical (unpaired) electrons. The van der Waals surface area contributed by atoms with E-state index in [4.69, 9.17) is 4.98 Å². The molecule has 1 aromatic heterocycles. The first-order chi connectivity index (χ1) is 9.05. The molecule has 2 rings (SSSR count). The summed E-state index contributed by atoms with van der Waals surface area (Å²) in [6, 6.07) is 0. The molecule has 0 aliphatic carbocycles. The van der Waals surface area contributed by atoms with Crippen LogP contribution in [0.25, 0.3) is 0 Å². The number of nitrogens with zero attached hydrogens (tertiary/aromatic N) is 2. The summed E-state index contributed by atoms with van der Waals surface area (Å²) < 4.78 is 0. The van der Waals surface area contributed by atoms with Gasteiger partial charge >= 0.3 is 0 Å². The quantitative estimate of drug-likeness (QED) is 0.846. The van der Waals surface area contributed by atoms with E-state index in [0.29, 0.717) is 0 Å². The SMILES string of the molecule is CC(C)(C)c1csc(CNCCN2CCSCC2)n1. The van der Waals surface area contributed by atoms with Crippen molar-refractivity contribution in [3.05, 3.63) is 16.1 Å². The van der Waals surface area contributed by atoms with Crippen LogP contribution < -0.4 is 5.32 Å². The predicted molar refractivity (Wildman–Crippen MR) is 86.3 cm³/mol. The molecular formula is C14H25N3S2. The number of thiazole rings is 1. The summed E-state index contributed by atoms with van der Waals surface area (Å²) in [4.78, 5) is 7.25. The Morgan fingerprint density at radius 1 is 1.32 bits per heavy atom. The van der Waals surface area contributed by atoms with Crippen molar-refractivity contribution >= 4 is 23.1 Å². The summed E-state index contributed by atoms with van der Waals surface area (Å²) in [6.07, 6.45) is 0. The van der Waals surface area contributed by atoms with Crippen LogP contribution in [0.5, 0.6) is 0 Å². The summed E-state index contributed by atoms with van der Waals surface area (Å²) in [6.45, 7) is 12.3. The largest absolute Gasteiger partial charge is 0.309 e. The maximum Gasteiger partial charge on any atom is 0.107 e. The van der Waals surface area contributed by atoms with E-state index in [-0.39, 0.29) is 5.41 Å². The molecule has 1 N–H and O–H groups in total. The van der Waals surface area contributed by atoms with E-state index in [0.717, 1.165) is 19.6 Å². The molecule has 0 aromatic carbocycles. The molecule has 0 unspecified atom stereocenters. The average molecular weight is 300 g/mol. The Balaban J connectivity index is 1.66. The number of thioether (sulfide) groups is 1. The van der Waals surface area contributed by atoms with Crippen molar-refractivity contribution < 1.29 is 0 Å². The van der Waals surface area contributed by atoms with E-state index in [1.807, 2.05) is 0 Å². The molecule has 108 valence electrons. The van der Waals surface area contributed by atoms with Crippen LogP contribution in [0.4, 0.5) is 0 Å². The van der Waals surface area contributed by atoms with Crippen LogP contribution in [-0.2, 0) is 12.0 Å². The summed E-state index contributed by atoms with van der Waals surface area (Å²) in [7, 11) is 0. The van der Waals surface area contributed by atoms with E-state index < -0.39 is 0 Å². The maximum atomic E-state index is 4.70. The average Bonchev–Trinajstić information content (AvgIpc) is 2.85. The highest BCUT2D eigenvalue weighted by Gasteiger charge is 2.17. The first-order valence-corrected chi connectivity index (χ1v) is 9.05. The van der Waals surface area contributed by atoms with Gasteiger partial charge in [-0.15, -0.1) is 11.3 Å². The van der Waals surface area contributed by atoms with Crippen LogP contribution in [0.2, 0.25) is 0 Å². The molecular weight excluding hydrogens is 274 g/mol. The van der Waals surface area contributed by atoms with E-state index in [2.05, 4.69) is 48.1 Å². The van der Waals surface area contributed by atoms with Crippen LogP contribution in [0, 0.1) is 0 Å². The molecule has 0 amide bonds. The zero-order valence-corrected chi connectivity index (χ0v) is 13.9. The van der Waals surface area contributed by atoms with Gasteiger partial charge in [0.05, 0.1) is 5.69 Å². The Bertz CT molecular complexity index is 378. The second-order valence-electron chi connectivity index (χ2n) is 6.01. The van der Waals surface area contributed by atoms with E-state index in [1.54, 1.807) is 11.3 Å². The number of hydrogen-bond acceptors (Lipinski definition) is 5. The molecule has 1 aliphatic heterocycles. The lowest BCUT2D eigenvalue weighted by Gasteiger charge is -2.25. The zero-order chi connectivity index (χ0) is 13.7. The van der Waals surface area contributed by atoms with Gasteiger partial charge in [-0.3, -0.25) is 0 Å². The van der Waals surface area contributed by atoms with Crippen LogP contribution >= 0.6 is 23.1 Å². The number of hydrogen-bond donors (Lipinski definition) is 1. The van der Waals surface area contributed by atoms with Crippen molar-refractivity contribution in [1.29, 1.82) is 0 Å². The molecule has 0 atom stereocenters. The molecule has 5 heteroatoms. The summed E-state index contributed by atoms with van der Waals surface area (Å²) in [5.74, 6) is 2.59. The zero-order valence-electron chi connectivity index (χ0n) is 12.2. The van der Waals surface area contributed by atoms with Crippen molar-refractivity contribution in [2.24, 2.45) is 0 Å². The van der Waals surface area contributed by atoms with Crippen molar-refractivity contribution in [1.82, 2.24) is 15.2 Å². The van der Waals surface area contributed by atoms with Gasteiger partial charge < -0.3 is 10.2 Å². The summed E-state index contributed by atoms with van der Waals surface area (Å²) >= 11 is 3.84. The van der Waals surface area contributed by atoms with Crippen LogP contribution in [0.15, 0.2) is 5.38 Å². The minimum absolute atomic E-state index is 0.167. The molecule has 2 heterocycles. The van der Waals surface area contributed by atoms with Gasteiger partial charge in [-0.05, 0) is 0 Å². The third-order valence-corrected chi connectivity index (χ3v) is 5.10. The highest BCUT2D eigenvalue weighted by Crippen LogP contribution is 2.23. The molecule has 1 saturated heterocycles. The van der Waals surface area contributed by atoms with E-state index in [1.165, 1.54) is 35.3 Å². The molecule has 1 aromatic rings. The minimum Gasteiger partial charge on any atom is -0.309 e. The Morgan fingerprint density at radius 3 is 2.68 bits per heavy atom. The maximum absolute atomic E-state index is 4.70. The Kier molecular flexibility index (Phi) is 5.69. The Hall–Kier alpha value is -0.100. The van der Waals surface area contributed by atoms with Crippen molar-refractivity contribution in [3.63, 3.8) is 0 Å². The van der Waals surface area contributed by atoms with Gasteiger partial charge in [-0.25, -0.2) is 4.98 Å². The van der Waals surface area contributed by atoms with Gasteiger partial charge in [0.1, 0.15) is 5.01 Å². The first-order valence-electron chi connectivity index (χ1n) is 7.01.